The Balaban J connectivity index is 1.72. The van der Waals surface area contributed by atoms with E-state index in [4.69, 9.17) is 4.74 Å². The van der Waals surface area contributed by atoms with Crippen LogP contribution in [0, 0.1) is 0 Å². The lowest BCUT2D eigenvalue weighted by molar-refractivity contribution is -0.0852. The number of aromatic nitrogens is 1. The van der Waals surface area contributed by atoms with Crippen LogP contribution in [0.25, 0.3) is 10.9 Å². The average Bonchev–Trinajstić information content (AvgIpc) is 3.03. The Kier molecular flexibility index (Phi) is 4.71. The van der Waals surface area contributed by atoms with Crippen LogP contribution in [-0.4, -0.2) is 53.2 Å². The summed E-state index contributed by atoms with van der Waals surface area (Å²) in [4.78, 5) is 17.8. The summed E-state index contributed by atoms with van der Waals surface area (Å²) >= 11 is 0. The molecule has 2 heterocycles. The molecule has 2 aromatic rings. The van der Waals surface area contributed by atoms with Crippen molar-refractivity contribution in [1.82, 2.24) is 15.2 Å². The normalized spacial score (nSPS) is 20.3. The van der Waals surface area contributed by atoms with Gasteiger partial charge in [0, 0.05) is 31.0 Å². The third-order valence-corrected chi connectivity index (χ3v) is 4.39. The highest BCUT2D eigenvalue weighted by molar-refractivity contribution is 5.83. The molecule has 2 N–H and O–H groups in total. The number of aliphatic hydroxyl groups is 1. The van der Waals surface area contributed by atoms with Crippen LogP contribution in [0.4, 0.5) is 13.6 Å². The average molecular weight is 351 g/mol. The maximum Gasteiger partial charge on any atom is 0.317 e. The zero-order chi connectivity index (χ0) is 18.0. The first-order chi connectivity index (χ1) is 11.9. The van der Waals surface area contributed by atoms with Crippen LogP contribution in [-0.2, 0) is 6.54 Å². The van der Waals surface area contributed by atoms with Crippen molar-refractivity contribution < 1.29 is 23.4 Å². The van der Waals surface area contributed by atoms with Gasteiger partial charge >= 0.3 is 6.03 Å². The number of alkyl halides is 2. The molecule has 1 aliphatic rings. The standard InChI is InChI=1S/C17H19F2N3O3/c1-25-14-8-11(12-4-2-3-5-13(12)21-14)9-20-16(23)22-7-6-17(24,10-22)15(18)19/h2-5,8,15,24H,6-7,9-10H2,1H3,(H,20,23). The summed E-state index contributed by atoms with van der Waals surface area (Å²) in [6, 6.07) is 8.68. The Morgan fingerprint density at radius 2 is 2.24 bits per heavy atom. The Morgan fingerprint density at radius 3 is 2.92 bits per heavy atom. The van der Waals surface area contributed by atoms with Crippen molar-refractivity contribution in [3.05, 3.63) is 35.9 Å². The number of halogens is 2. The number of hydrogen-bond donors (Lipinski definition) is 2. The molecule has 1 aromatic carbocycles. The number of carbonyl (C=O) groups excluding carboxylic acids is 1. The maximum absolute atomic E-state index is 12.8. The highest BCUT2D eigenvalue weighted by Gasteiger charge is 2.45. The van der Waals surface area contributed by atoms with Crippen molar-refractivity contribution in [3.8, 4) is 5.88 Å². The third-order valence-electron chi connectivity index (χ3n) is 4.39. The second-order valence-corrected chi connectivity index (χ2v) is 6.08. The number of carbonyl (C=O) groups is 1. The number of rotatable bonds is 4. The molecule has 1 saturated heterocycles. The van der Waals surface area contributed by atoms with Gasteiger partial charge in [-0.25, -0.2) is 18.6 Å². The number of nitrogens with zero attached hydrogens (tertiary/aromatic N) is 2. The van der Waals surface area contributed by atoms with Crippen LogP contribution >= 0.6 is 0 Å². The minimum atomic E-state index is -2.88. The highest BCUT2D eigenvalue weighted by atomic mass is 19.3. The van der Waals surface area contributed by atoms with E-state index in [0.717, 1.165) is 16.5 Å². The van der Waals surface area contributed by atoms with Gasteiger partial charge < -0.3 is 20.1 Å². The van der Waals surface area contributed by atoms with E-state index in [9.17, 15) is 18.7 Å². The van der Waals surface area contributed by atoms with Crippen LogP contribution in [0.3, 0.4) is 0 Å². The fraction of sp³-hybridized carbons (Fsp3) is 0.412. The van der Waals surface area contributed by atoms with Gasteiger partial charge in [-0.1, -0.05) is 18.2 Å². The van der Waals surface area contributed by atoms with E-state index in [0.29, 0.717) is 5.88 Å². The fourth-order valence-electron chi connectivity index (χ4n) is 2.92. The summed E-state index contributed by atoms with van der Waals surface area (Å²) in [7, 11) is 1.51. The summed E-state index contributed by atoms with van der Waals surface area (Å²) in [5.74, 6) is 0.427. The summed E-state index contributed by atoms with van der Waals surface area (Å²) in [5, 5.41) is 13.4. The topological polar surface area (TPSA) is 74.7 Å². The number of para-hydroxylation sites is 1. The van der Waals surface area contributed by atoms with E-state index < -0.39 is 18.1 Å². The van der Waals surface area contributed by atoms with Crippen LogP contribution in [0.1, 0.15) is 12.0 Å². The Morgan fingerprint density at radius 1 is 1.48 bits per heavy atom. The number of hydrogen-bond acceptors (Lipinski definition) is 4. The van der Waals surface area contributed by atoms with Crippen molar-refractivity contribution in [2.45, 2.75) is 25.0 Å². The first kappa shape index (κ1) is 17.3. The molecule has 0 saturated carbocycles. The van der Waals surface area contributed by atoms with Gasteiger partial charge in [-0.15, -0.1) is 0 Å². The van der Waals surface area contributed by atoms with Gasteiger partial charge in [0.25, 0.3) is 6.43 Å². The van der Waals surface area contributed by atoms with E-state index >= 15 is 0 Å². The molecular formula is C17H19F2N3O3. The third kappa shape index (κ3) is 3.48. The van der Waals surface area contributed by atoms with Gasteiger partial charge in [-0.2, -0.15) is 0 Å². The summed E-state index contributed by atoms with van der Waals surface area (Å²) < 4.78 is 30.9. The lowest BCUT2D eigenvalue weighted by Crippen LogP contribution is -2.44. The molecule has 0 spiro atoms. The van der Waals surface area contributed by atoms with Crippen molar-refractivity contribution in [3.63, 3.8) is 0 Å². The minimum Gasteiger partial charge on any atom is -0.481 e. The summed E-state index contributed by atoms with van der Waals surface area (Å²) in [6.45, 7) is -0.0914. The van der Waals surface area contributed by atoms with E-state index in [2.05, 4.69) is 10.3 Å². The number of methoxy groups -OCH3 is 1. The number of amides is 2. The Bertz CT molecular complexity index is 787. The SMILES string of the molecule is COc1cc(CNC(=O)N2CCC(O)(C(F)F)C2)c2ccccc2n1. The number of fused-ring (bicyclic) bond motifs is 1. The van der Waals surface area contributed by atoms with Crippen molar-refractivity contribution in [1.29, 1.82) is 0 Å². The molecule has 0 bridgehead atoms. The summed E-state index contributed by atoms with van der Waals surface area (Å²) in [5.41, 5.74) is -0.581. The molecule has 25 heavy (non-hydrogen) atoms. The zero-order valence-corrected chi connectivity index (χ0v) is 13.7. The molecule has 8 heteroatoms. The lowest BCUT2D eigenvalue weighted by Gasteiger charge is -2.22. The van der Waals surface area contributed by atoms with Crippen molar-refractivity contribution in [2.75, 3.05) is 20.2 Å². The molecule has 6 nitrogen and oxygen atoms in total. The molecule has 1 aliphatic heterocycles. The Labute approximate surface area is 143 Å². The number of ether oxygens (including phenoxy) is 1. The second-order valence-electron chi connectivity index (χ2n) is 6.08. The van der Waals surface area contributed by atoms with Crippen LogP contribution in [0.2, 0.25) is 0 Å². The second kappa shape index (κ2) is 6.79. The molecule has 1 fully saturated rings. The molecule has 1 unspecified atom stereocenters. The lowest BCUT2D eigenvalue weighted by atomic mass is 10.1. The quantitative estimate of drug-likeness (QED) is 0.885. The van der Waals surface area contributed by atoms with Crippen LogP contribution < -0.4 is 10.1 Å². The van der Waals surface area contributed by atoms with E-state index in [1.807, 2.05) is 24.3 Å². The van der Waals surface area contributed by atoms with Gasteiger partial charge in [0.2, 0.25) is 5.88 Å². The predicted octanol–water partition coefficient (Wildman–Crippen LogP) is 2.15. The van der Waals surface area contributed by atoms with Gasteiger partial charge in [0.15, 0.2) is 0 Å². The van der Waals surface area contributed by atoms with Crippen molar-refractivity contribution in [2.24, 2.45) is 0 Å². The number of nitrogens with one attached hydrogen (secondary N) is 1. The smallest absolute Gasteiger partial charge is 0.317 e. The largest absolute Gasteiger partial charge is 0.481 e. The first-order valence-electron chi connectivity index (χ1n) is 7.89. The van der Waals surface area contributed by atoms with Gasteiger partial charge in [0.1, 0.15) is 5.60 Å². The number of β-amino-alcohol motifs (C(OH)–C–C–N with tert-alkyl or cyclic N) is 1. The summed E-state index contributed by atoms with van der Waals surface area (Å²) in [6.07, 6.45) is -3.01. The molecule has 134 valence electrons. The van der Waals surface area contributed by atoms with Crippen LogP contribution in [0.15, 0.2) is 30.3 Å². The molecule has 3 rings (SSSR count). The van der Waals surface area contributed by atoms with E-state index in [1.54, 1.807) is 6.07 Å². The van der Waals surface area contributed by atoms with Crippen LogP contribution in [0.5, 0.6) is 5.88 Å². The van der Waals surface area contributed by atoms with Crippen molar-refractivity contribution >= 4 is 16.9 Å². The number of pyridine rings is 1. The fourth-order valence-corrected chi connectivity index (χ4v) is 2.92. The monoisotopic (exact) mass is 351 g/mol. The van der Waals surface area contributed by atoms with Gasteiger partial charge in [-0.3, -0.25) is 0 Å². The first-order valence-corrected chi connectivity index (χ1v) is 7.89. The molecule has 0 aliphatic carbocycles. The molecule has 2 amide bonds. The predicted molar refractivity (Wildman–Crippen MR) is 87.7 cm³/mol. The number of likely N-dealkylation sites (tertiary alicyclic amines) is 1. The molecule has 1 aromatic heterocycles. The number of urea groups is 1. The molecule has 0 radical (unpaired) electrons. The molecule has 1 atom stereocenters. The Hall–Kier alpha value is -2.48. The van der Waals surface area contributed by atoms with Gasteiger partial charge in [0.05, 0.1) is 19.2 Å². The zero-order valence-electron chi connectivity index (χ0n) is 13.7. The maximum atomic E-state index is 12.8. The molecular weight excluding hydrogens is 332 g/mol. The van der Waals surface area contributed by atoms with E-state index in [-0.39, 0.29) is 26.1 Å². The highest BCUT2D eigenvalue weighted by Crippen LogP contribution is 2.28. The van der Waals surface area contributed by atoms with E-state index in [1.165, 1.54) is 12.0 Å². The minimum absolute atomic E-state index is 0.0904. The van der Waals surface area contributed by atoms with Gasteiger partial charge in [-0.05, 0) is 11.6 Å². The number of benzene rings is 1.